The summed E-state index contributed by atoms with van der Waals surface area (Å²) in [5.41, 5.74) is 0.675. The van der Waals surface area contributed by atoms with Gasteiger partial charge in [-0.15, -0.1) is 0 Å². The molecule has 2 aromatic heterocycles. The van der Waals surface area contributed by atoms with Gasteiger partial charge in [-0.1, -0.05) is 6.07 Å². The number of rotatable bonds is 4. The van der Waals surface area contributed by atoms with Gasteiger partial charge in [-0.2, -0.15) is 0 Å². The third-order valence-electron chi connectivity index (χ3n) is 2.41. The molecule has 0 radical (unpaired) electrons. The van der Waals surface area contributed by atoms with Crippen molar-refractivity contribution in [1.29, 1.82) is 0 Å². The lowest BCUT2D eigenvalue weighted by Crippen LogP contribution is -2.18. The lowest BCUT2D eigenvalue weighted by Gasteiger charge is -2.08. The lowest BCUT2D eigenvalue weighted by atomic mass is 10.4. The number of carbonyl (C=O) groups is 1. The third-order valence-corrected chi connectivity index (χ3v) is 3.95. The van der Waals surface area contributed by atoms with Crippen LogP contribution in [-0.2, 0) is 22.7 Å². The van der Waals surface area contributed by atoms with Crippen LogP contribution >= 0.6 is 45.2 Å². The maximum atomic E-state index is 11.7. The molecule has 0 atom stereocenters. The van der Waals surface area contributed by atoms with Crippen molar-refractivity contribution >= 4 is 51.2 Å². The molecular formula is C13H10I2N2O3. The summed E-state index contributed by atoms with van der Waals surface area (Å²) in [7, 11) is 0. The van der Waals surface area contributed by atoms with E-state index in [0.29, 0.717) is 12.8 Å². The number of halogens is 2. The summed E-state index contributed by atoms with van der Waals surface area (Å²) in [5.74, 6) is -0.370. The minimum atomic E-state index is -0.370. The van der Waals surface area contributed by atoms with Gasteiger partial charge in [0.2, 0.25) is 5.43 Å². The quantitative estimate of drug-likeness (QED) is 0.482. The molecule has 0 spiro atoms. The van der Waals surface area contributed by atoms with Gasteiger partial charge in [0.15, 0.2) is 0 Å². The van der Waals surface area contributed by atoms with Crippen molar-refractivity contribution in [3.63, 3.8) is 0 Å². The first-order chi connectivity index (χ1) is 9.56. The van der Waals surface area contributed by atoms with Crippen LogP contribution < -0.4 is 5.43 Å². The molecule has 104 valence electrons. The Morgan fingerprint density at radius 3 is 2.55 bits per heavy atom. The molecule has 0 aliphatic rings. The van der Waals surface area contributed by atoms with E-state index in [9.17, 15) is 9.59 Å². The molecule has 2 aromatic rings. The van der Waals surface area contributed by atoms with Crippen molar-refractivity contribution in [2.75, 3.05) is 0 Å². The summed E-state index contributed by atoms with van der Waals surface area (Å²) in [6, 6.07) is 5.43. The highest BCUT2D eigenvalue weighted by atomic mass is 127. The lowest BCUT2D eigenvalue weighted by molar-refractivity contribution is -0.145. The fraction of sp³-hybridized carbons (Fsp3) is 0.154. The Kier molecular flexibility index (Phi) is 5.52. The first kappa shape index (κ1) is 15.4. The van der Waals surface area contributed by atoms with Gasteiger partial charge in [0.25, 0.3) is 0 Å². The van der Waals surface area contributed by atoms with Crippen molar-refractivity contribution in [1.82, 2.24) is 9.55 Å². The van der Waals surface area contributed by atoms with Gasteiger partial charge in [-0.3, -0.25) is 14.6 Å². The second-order valence-electron chi connectivity index (χ2n) is 3.94. The van der Waals surface area contributed by atoms with Gasteiger partial charge < -0.3 is 9.30 Å². The summed E-state index contributed by atoms with van der Waals surface area (Å²) in [6.45, 7) is 0.215. The average Bonchev–Trinajstić information content (AvgIpc) is 2.43. The van der Waals surface area contributed by atoms with E-state index in [1.165, 1.54) is 0 Å². The van der Waals surface area contributed by atoms with Gasteiger partial charge in [0, 0.05) is 18.6 Å². The zero-order chi connectivity index (χ0) is 14.5. The van der Waals surface area contributed by atoms with Crippen molar-refractivity contribution in [2.24, 2.45) is 0 Å². The van der Waals surface area contributed by atoms with Crippen LogP contribution in [-0.4, -0.2) is 15.5 Å². The minimum Gasteiger partial charge on any atom is -0.458 e. The molecule has 5 nitrogen and oxygen atoms in total. The van der Waals surface area contributed by atoms with Crippen molar-refractivity contribution in [3.05, 3.63) is 59.8 Å². The van der Waals surface area contributed by atoms with E-state index in [0.717, 1.165) is 0 Å². The smallest absolute Gasteiger partial charge is 0.326 e. The van der Waals surface area contributed by atoms with E-state index in [4.69, 9.17) is 4.74 Å². The summed E-state index contributed by atoms with van der Waals surface area (Å²) < 4.78 is 7.93. The third kappa shape index (κ3) is 4.27. The molecule has 2 heterocycles. The number of hydrogen-bond acceptors (Lipinski definition) is 4. The summed E-state index contributed by atoms with van der Waals surface area (Å²) in [4.78, 5) is 27.4. The van der Waals surface area contributed by atoms with Crippen molar-refractivity contribution in [3.8, 4) is 0 Å². The summed E-state index contributed by atoms with van der Waals surface area (Å²) >= 11 is 3.91. The Labute approximate surface area is 142 Å². The standard InChI is InChI=1S/C13H10I2N2O3/c14-10-5-17(6-11(15)13(10)19)7-12(18)20-8-9-3-1-2-4-16-9/h1-6H,7-8H2. The number of ether oxygens (including phenoxy) is 1. The van der Waals surface area contributed by atoms with E-state index in [1.54, 1.807) is 35.3 Å². The predicted octanol–water partition coefficient (Wildman–Crippen LogP) is 2.20. The monoisotopic (exact) mass is 496 g/mol. The van der Waals surface area contributed by atoms with E-state index in [-0.39, 0.29) is 24.5 Å². The molecule has 0 unspecified atom stereocenters. The molecule has 0 aliphatic carbocycles. The molecule has 0 saturated carbocycles. The van der Waals surface area contributed by atoms with Crippen LogP contribution in [0.5, 0.6) is 0 Å². The fourth-order valence-electron chi connectivity index (χ4n) is 1.48. The number of aromatic nitrogens is 2. The fourth-order valence-corrected chi connectivity index (χ4v) is 3.30. The van der Waals surface area contributed by atoms with Gasteiger partial charge in [0.1, 0.15) is 13.2 Å². The van der Waals surface area contributed by atoms with Crippen LogP contribution in [0.2, 0.25) is 0 Å². The van der Waals surface area contributed by atoms with Crippen molar-refractivity contribution in [2.45, 2.75) is 13.2 Å². The molecule has 2 rings (SSSR count). The largest absolute Gasteiger partial charge is 0.458 e. The van der Waals surface area contributed by atoms with Gasteiger partial charge >= 0.3 is 5.97 Å². The second-order valence-corrected chi connectivity index (χ2v) is 6.26. The molecular weight excluding hydrogens is 486 g/mol. The minimum absolute atomic E-state index is 0.0238. The van der Waals surface area contributed by atoms with Gasteiger partial charge in [-0.05, 0) is 57.3 Å². The Morgan fingerprint density at radius 1 is 1.25 bits per heavy atom. The SMILES string of the molecule is O=C(Cn1cc(I)c(=O)c(I)c1)OCc1ccccn1. The summed E-state index contributed by atoms with van der Waals surface area (Å²) in [6.07, 6.45) is 4.91. The van der Waals surface area contributed by atoms with Crippen LogP contribution in [0.3, 0.4) is 0 Å². The number of hydrogen-bond donors (Lipinski definition) is 0. The Bertz CT molecular complexity index is 645. The van der Waals surface area contributed by atoms with Crippen LogP contribution in [0.15, 0.2) is 41.6 Å². The Balaban J connectivity index is 1.97. The molecule has 0 N–H and O–H groups in total. The molecule has 0 fully saturated rings. The van der Waals surface area contributed by atoms with Crippen LogP contribution in [0, 0.1) is 7.14 Å². The van der Waals surface area contributed by atoms with Crippen LogP contribution in [0.1, 0.15) is 5.69 Å². The topological polar surface area (TPSA) is 61.2 Å². The van der Waals surface area contributed by atoms with Gasteiger partial charge in [-0.25, -0.2) is 0 Å². The number of nitrogens with zero attached hydrogens (tertiary/aromatic N) is 2. The van der Waals surface area contributed by atoms with E-state index in [1.807, 2.05) is 51.2 Å². The Hall–Kier alpha value is -0.970. The van der Waals surface area contributed by atoms with Gasteiger partial charge in [0.05, 0.1) is 12.8 Å². The maximum Gasteiger partial charge on any atom is 0.326 e. The highest BCUT2D eigenvalue weighted by Crippen LogP contribution is 2.05. The number of esters is 1. The first-order valence-corrected chi connectivity index (χ1v) is 7.82. The normalized spacial score (nSPS) is 10.3. The molecule has 0 amide bonds. The highest BCUT2D eigenvalue weighted by Gasteiger charge is 2.08. The molecule has 20 heavy (non-hydrogen) atoms. The second kappa shape index (κ2) is 7.16. The number of pyridine rings is 2. The zero-order valence-electron chi connectivity index (χ0n) is 10.3. The zero-order valence-corrected chi connectivity index (χ0v) is 14.6. The molecule has 7 heteroatoms. The number of carbonyl (C=O) groups excluding carboxylic acids is 1. The maximum absolute atomic E-state index is 11.7. The average molecular weight is 496 g/mol. The van der Waals surface area contributed by atoms with Crippen LogP contribution in [0.4, 0.5) is 0 Å². The van der Waals surface area contributed by atoms with E-state index >= 15 is 0 Å². The molecule has 0 bridgehead atoms. The molecule has 0 aromatic carbocycles. The van der Waals surface area contributed by atoms with E-state index < -0.39 is 0 Å². The molecule has 0 saturated heterocycles. The van der Waals surface area contributed by atoms with E-state index in [2.05, 4.69) is 4.98 Å². The Morgan fingerprint density at radius 2 is 1.95 bits per heavy atom. The highest BCUT2D eigenvalue weighted by molar-refractivity contribution is 14.1. The van der Waals surface area contributed by atoms with Crippen molar-refractivity contribution < 1.29 is 9.53 Å². The van der Waals surface area contributed by atoms with Crippen LogP contribution in [0.25, 0.3) is 0 Å². The predicted molar refractivity (Wildman–Crippen MR) is 90.2 cm³/mol. The summed E-state index contributed by atoms with van der Waals surface area (Å²) in [5, 5.41) is 0. The first-order valence-electron chi connectivity index (χ1n) is 5.67. The molecule has 0 aliphatic heterocycles.